The van der Waals surface area contributed by atoms with Gasteiger partial charge in [-0.3, -0.25) is 4.79 Å². The average Bonchev–Trinajstić information content (AvgIpc) is 2.88. The van der Waals surface area contributed by atoms with Gasteiger partial charge in [0.2, 0.25) is 5.88 Å². The molecule has 0 radical (unpaired) electrons. The van der Waals surface area contributed by atoms with Crippen LogP contribution >= 0.6 is 0 Å². The van der Waals surface area contributed by atoms with E-state index in [4.69, 9.17) is 9.47 Å². The van der Waals surface area contributed by atoms with Crippen LogP contribution in [0.1, 0.15) is 41.0 Å². The molecule has 0 aliphatic heterocycles. The maximum atomic E-state index is 14.5. The predicted molar refractivity (Wildman–Crippen MR) is 150 cm³/mol. The Morgan fingerprint density at radius 1 is 0.975 bits per heavy atom. The van der Waals surface area contributed by atoms with E-state index >= 15 is 0 Å². The number of hydrogen-bond acceptors (Lipinski definition) is 7. The van der Waals surface area contributed by atoms with Crippen LogP contribution in [0.4, 0.5) is 4.39 Å². The number of hydrogen-bond donors (Lipinski definition) is 1. The number of benzene rings is 2. The minimum atomic E-state index is -4.28. The van der Waals surface area contributed by atoms with Crippen molar-refractivity contribution in [3.05, 3.63) is 94.9 Å². The second-order valence-electron chi connectivity index (χ2n) is 9.85. The van der Waals surface area contributed by atoms with Crippen LogP contribution < -0.4 is 14.2 Å². The zero-order chi connectivity index (χ0) is 29.0. The molecule has 2 heterocycles. The minimum Gasteiger partial charge on any atom is -0.493 e. The fourth-order valence-corrected chi connectivity index (χ4v) is 4.80. The summed E-state index contributed by atoms with van der Waals surface area (Å²) in [5.41, 5.74) is 2.83. The van der Waals surface area contributed by atoms with Crippen molar-refractivity contribution in [1.29, 1.82) is 0 Å². The fraction of sp³-hybridized carbons (Fsp3) is 0.233. The predicted octanol–water partition coefficient (Wildman–Crippen LogP) is 6.15. The number of nitrogens with one attached hydrogen (secondary N) is 1. The molecule has 0 bridgehead atoms. The number of sulfonamides is 1. The van der Waals surface area contributed by atoms with Crippen LogP contribution in [0.5, 0.6) is 17.4 Å². The molecule has 0 aliphatic carbocycles. The summed E-state index contributed by atoms with van der Waals surface area (Å²) in [5, 5.41) is -0.295. The van der Waals surface area contributed by atoms with Gasteiger partial charge in [0.25, 0.3) is 15.9 Å². The summed E-state index contributed by atoms with van der Waals surface area (Å²) in [6.45, 7) is 9.78. The molecule has 4 aromatic rings. The normalized spacial score (nSPS) is 11.4. The summed E-state index contributed by atoms with van der Waals surface area (Å²) in [6, 6.07) is 17.0. The molecule has 0 fully saturated rings. The van der Waals surface area contributed by atoms with Crippen LogP contribution in [0.3, 0.4) is 0 Å². The van der Waals surface area contributed by atoms with Crippen molar-refractivity contribution in [2.24, 2.45) is 5.92 Å². The highest BCUT2D eigenvalue weighted by atomic mass is 32.2. The smallest absolute Gasteiger partial charge is 0.281 e. The zero-order valence-corrected chi connectivity index (χ0v) is 23.7. The van der Waals surface area contributed by atoms with Crippen LogP contribution in [0, 0.1) is 32.5 Å². The van der Waals surface area contributed by atoms with Crippen LogP contribution in [-0.4, -0.2) is 30.9 Å². The Hall–Kier alpha value is -4.31. The molecule has 0 spiro atoms. The molecule has 10 heteroatoms. The number of aromatic nitrogens is 2. The largest absolute Gasteiger partial charge is 0.493 e. The van der Waals surface area contributed by atoms with Gasteiger partial charge >= 0.3 is 0 Å². The molecule has 0 saturated carbocycles. The van der Waals surface area contributed by atoms with Crippen LogP contribution in [0.25, 0.3) is 11.3 Å². The van der Waals surface area contributed by atoms with E-state index in [0.29, 0.717) is 35.1 Å². The van der Waals surface area contributed by atoms with Crippen molar-refractivity contribution in [3.8, 4) is 28.6 Å². The summed E-state index contributed by atoms with van der Waals surface area (Å²) in [7, 11) is -4.28. The number of nitrogens with zero attached hydrogens (tertiary/aromatic N) is 2. The van der Waals surface area contributed by atoms with Gasteiger partial charge in [0.05, 0.1) is 12.3 Å². The lowest BCUT2D eigenvalue weighted by Gasteiger charge is -2.15. The molecule has 2 aromatic heterocycles. The van der Waals surface area contributed by atoms with E-state index in [9.17, 15) is 17.6 Å². The van der Waals surface area contributed by atoms with Gasteiger partial charge in [0.1, 0.15) is 22.9 Å². The number of amides is 1. The highest BCUT2D eigenvalue weighted by Gasteiger charge is 2.24. The standard InChI is InChI=1S/C30H30FN3O5S/c1-18(2)17-38-24-15-22(14-23(31)16-24)26-11-10-25(30(33-26)39-27-12-9-19(3)13-20(27)4)29(35)34-40(36,37)28-8-6-7-21(5)32-28/h6-16,18H,17H2,1-5H3,(H,34,35). The molecule has 0 atom stereocenters. The Morgan fingerprint density at radius 3 is 2.45 bits per heavy atom. The molecule has 0 aliphatic rings. The van der Waals surface area contributed by atoms with E-state index in [2.05, 4.69) is 9.97 Å². The first-order valence-electron chi connectivity index (χ1n) is 12.6. The van der Waals surface area contributed by atoms with Crippen molar-refractivity contribution in [2.75, 3.05) is 6.61 Å². The van der Waals surface area contributed by atoms with Gasteiger partial charge in [-0.2, -0.15) is 8.42 Å². The quantitative estimate of drug-likeness (QED) is 0.260. The number of carbonyl (C=O) groups excluding carboxylic acids is 1. The van der Waals surface area contributed by atoms with Gasteiger partial charge < -0.3 is 9.47 Å². The van der Waals surface area contributed by atoms with Gasteiger partial charge in [-0.25, -0.2) is 19.1 Å². The molecule has 40 heavy (non-hydrogen) atoms. The number of rotatable bonds is 9. The van der Waals surface area contributed by atoms with E-state index in [1.807, 2.05) is 44.5 Å². The molecule has 8 nitrogen and oxygen atoms in total. The maximum Gasteiger partial charge on any atom is 0.281 e. The van der Waals surface area contributed by atoms with Crippen LogP contribution in [-0.2, 0) is 10.0 Å². The number of carbonyl (C=O) groups is 1. The molecule has 1 amide bonds. The summed E-state index contributed by atoms with van der Waals surface area (Å²) < 4.78 is 54.1. The lowest BCUT2D eigenvalue weighted by atomic mass is 10.1. The summed E-state index contributed by atoms with van der Waals surface area (Å²) in [5.74, 6) is -0.626. The first-order chi connectivity index (χ1) is 18.9. The van der Waals surface area contributed by atoms with Crippen molar-refractivity contribution < 1.29 is 27.1 Å². The Bertz CT molecular complexity index is 1670. The molecule has 0 unspecified atom stereocenters. The Labute approximate surface area is 233 Å². The molecular weight excluding hydrogens is 533 g/mol. The molecular formula is C30H30FN3O5S. The molecule has 0 saturated heterocycles. The van der Waals surface area contributed by atoms with E-state index in [1.165, 1.54) is 36.4 Å². The second-order valence-corrected chi connectivity index (χ2v) is 11.5. The Morgan fingerprint density at radius 2 is 1.75 bits per heavy atom. The Kier molecular flexibility index (Phi) is 8.49. The van der Waals surface area contributed by atoms with Crippen LogP contribution in [0.15, 0.2) is 71.8 Å². The summed E-state index contributed by atoms with van der Waals surface area (Å²) >= 11 is 0. The van der Waals surface area contributed by atoms with E-state index in [-0.39, 0.29) is 22.4 Å². The number of halogens is 1. The SMILES string of the molecule is Cc1ccc(Oc2nc(-c3cc(F)cc(OCC(C)C)c3)ccc2C(=O)NS(=O)(=O)c2cccc(C)n2)c(C)c1. The third kappa shape index (κ3) is 7.01. The molecule has 208 valence electrons. The molecule has 4 rings (SSSR count). The highest BCUT2D eigenvalue weighted by Crippen LogP contribution is 2.32. The number of aryl methyl sites for hydroxylation is 3. The van der Waals surface area contributed by atoms with Gasteiger partial charge in [0, 0.05) is 17.3 Å². The zero-order valence-electron chi connectivity index (χ0n) is 22.9. The van der Waals surface area contributed by atoms with Crippen molar-refractivity contribution >= 4 is 15.9 Å². The Balaban J connectivity index is 1.75. The number of pyridine rings is 2. The fourth-order valence-electron chi connectivity index (χ4n) is 3.82. The van der Waals surface area contributed by atoms with Crippen molar-refractivity contribution in [2.45, 2.75) is 39.6 Å². The average molecular weight is 564 g/mol. The van der Waals surface area contributed by atoms with Gasteiger partial charge in [-0.05, 0) is 74.7 Å². The lowest BCUT2D eigenvalue weighted by molar-refractivity contribution is 0.0978. The number of ether oxygens (including phenoxy) is 2. The first kappa shape index (κ1) is 28.7. The van der Waals surface area contributed by atoms with E-state index < -0.39 is 21.7 Å². The van der Waals surface area contributed by atoms with Gasteiger partial charge in [0.15, 0.2) is 5.03 Å². The minimum absolute atomic E-state index is 0.132. The van der Waals surface area contributed by atoms with Gasteiger partial charge in [-0.1, -0.05) is 37.6 Å². The second kappa shape index (κ2) is 11.8. The lowest BCUT2D eigenvalue weighted by Crippen LogP contribution is -2.31. The third-order valence-electron chi connectivity index (χ3n) is 5.76. The molecule has 2 aromatic carbocycles. The van der Waals surface area contributed by atoms with E-state index in [0.717, 1.165) is 11.1 Å². The maximum absolute atomic E-state index is 14.5. The van der Waals surface area contributed by atoms with E-state index in [1.54, 1.807) is 25.1 Å². The molecule has 1 N–H and O–H groups in total. The van der Waals surface area contributed by atoms with Crippen LogP contribution in [0.2, 0.25) is 0 Å². The third-order valence-corrected chi connectivity index (χ3v) is 6.99. The monoisotopic (exact) mass is 563 g/mol. The van der Waals surface area contributed by atoms with Crippen molar-refractivity contribution in [3.63, 3.8) is 0 Å². The summed E-state index contributed by atoms with van der Waals surface area (Å²) in [6.07, 6.45) is 0. The first-order valence-corrected chi connectivity index (χ1v) is 14.1. The summed E-state index contributed by atoms with van der Waals surface area (Å²) in [4.78, 5) is 21.8. The highest BCUT2D eigenvalue weighted by molar-refractivity contribution is 7.90. The topological polar surface area (TPSA) is 107 Å². The van der Waals surface area contributed by atoms with Gasteiger partial charge in [-0.15, -0.1) is 0 Å². The van der Waals surface area contributed by atoms with Crippen molar-refractivity contribution in [1.82, 2.24) is 14.7 Å².